The Kier molecular flexibility index (Phi) is 6.32. The highest BCUT2D eigenvalue weighted by molar-refractivity contribution is 6.03. The van der Waals surface area contributed by atoms with E-state index in [9.17, 15) is 27.6 Å². The number of hydrogen-bond donors (Lipinski definition) is 1. The predicted molar refractivity (Wildman–Crippen MR) is 117 cm³/mol. The van der Waals surface area contributed by atoms with Crippen LogP contribution in [-0.4, -0.2) is 90.8 Å². The van der Waals surface area contributed by atoms with Gasteiger partial charge in [0.2, 0.25) is 5.91 Å². The maximum atomic E-state index is 13.7. The van der Waals surface area contributed by atoms with Crippen molar-refractivity contribution in [2.45, 2.75) is 31.1 Å². The van der Waals surface area contributed by atoms with E-state index in [1.54, 1.807) is 11.9 Å². The van der Waals surface area contributed by atoms with Crippen molar-refractivity contribution in [2.75, 3.05) is 47.3 Å². The van der Waals surface area contributed by atoms with Crippen LogP contribution >= 0.6 is 0 Å². The fraction of sp³-hybridized carbons (Fsp3) is 0.522. The standard InChI is InChI=1S/C23H28F3N5O3/c1-28-10-8-14(9-11-28)29(2)18(32)13-31-12-17-19(21(31)33)20(27-22(34)30(17)3)15-6-4-5-7-16(15)23(24,25)26/h4-7,14,20H,8-13H2,1-3H3,(H,27,34). The molecule has 0 radical (unpaired) electrons. The van der Waals surface area contributed by atoms with E-state index in [0.717, 1.165) is 32.0 Å². The summed E-state index contributed by atoms with van der Waals surface area (Å²) in [5, 5.41) is 2.53. The Balaban J connectivity index is 1.58. The summed E-state index contributed by atoms with van der Waals surface area (Å²) in [5.41, 5.74) is -0.742. The smallest absolute Gasteiger partial charge is 0.341 e. The number of nitrogens with one attached hydrogen (secondary N) is 1. The van der Waals surface area contributed by atoms with Crippen LogP contribution in [0.25, 0.3) is 0 Å². The second-order valence-electron chi connectivity index (χ2n) is 9.09. The monoisotopic (exact) mass is 479 g/mol. The fourth-order valence-electron chi connectivity index (χ4n) is 4.85. The van der Waals surface area contributed by atoms with E-state index in [0.29, 0.717) is 5.70 Å². The second kappa shape index (κ2) is 8.94. The Bertz CT molecular complexity index is 1030. The zero-order chi connectivity index (χ0) is 24.8. The lowest BCUT2D eigenvalue weighted by molar-refractivity contribution is -0.139. The minimum atomic E-state index is -4.65. The molecule has 4 amide bonds. The maximum Gasteiger partial charge on any atom is 0.416 e. The van der Waals surface area contributed by atoms with Gasteiger partial charge in [0.25, 0.3) is 5.91 Å². The summed E-state index contributed by atoms with van der Waals surface area (Å²) in [4.78, 5) is 45.2. The van der Waals surface area contributed by atoms with Crippen molar-refractivity contribution in [1.82, 2.24) is 24.9 Å². The Hall–Kier alpha value is -3.08. The Morgan fingerprint density at radius 1 is 1.15 bits per heavy atom. The molecular formula is C23H28F3N5O3. The molecule has 34 heavy (non-hydrogen) atoms. The van der Waals surface area contributed by atoms with Crippen molar-refractivity contribution in [3.8, 4) is 0 Å². The SMILES string of the molecule is CN1CCC(N(C)C(=O)CN2CC3=C(C2=O)C(c2ccccc2C(F)(F)F)NC(=O)N3C)CC1. The molecule has 0 saturated carbocycles. The highest BCUT2D eigenvalue weighted by Gasteiger charge is 2.46. The van der Waals surface area contributed by atoms with Crippen molar-refractivity contribution in [1.29, 1.82) is 0 Å². The van der Waals surface area contributed by atoms with Gasteiger partial charge in [-0.05, 0) is 44.6 Å². The number of nitrogens with zero attached hydrogens (tertiary/aromatic N) is 4. The molecule has 11 heteroatoms. The molecule has 8 nitrogen and oxygen atoms in total. The van der Waals surface area contributed by atoms with Crippen LogP contribution in [0.4, 0.5) is 18.0 Å². The van der Waals surface area contributed by atoms with Crippen LogP contribution in [-0.2, 0) is 15.8 Å². The van der Waals surface area contributed by atoms with E-state index in [1.807, 2.05) is 7.05 Å². The molecule has 0 spiro atoms. The molecule has 1 atom stereocenters. The number of urea groups is 1. The van der Waals surface area contributed by atoms with Gasteiger partial charge in [-0.25, -0.2) is 4.79 Å². The first-order valence-electron chi connectivity index (χ1n) is 11.2. The number of amides is 4. The molecule has 4 rings (SSSR count). The van der Waals surface area contributed by atoms with Crippen molar-refractivity contribution < 1.29 is 27.6 Å². The van der Waals surface area contributed by atoms with Gasteiger partial charge in [-0.1, -0.05) is 18.2 Å². The third kappa shape index (κ3) is 4.36. The van der Waals surface area contributed by atoms with Crippen molar-refractivity contribution in [3.63, 3.8) is 0 Å². The van der Waals surface area contributed by atoms with Gasteiger partial charge in [0.1, 0.15) is 6.54 Å². The fourth-order valence-corrected chi connectivity index (χ4v) is 4.85. The first kappa shape index (κ1) is 24.1. The molecular weight excluding hydrogens is 451 g/mol. The molecule has 1 aromatic carbocycles. The van der Waals surface area contributed by atoms with E-state index in [2.05, 4.69) is 10.2 Å². The number of halogens is 3. The number of carbonyl (C=O) groups is 3. The van der Waals surface area contributed by atoms with Crippen molar-refractivity contribution >= 4 is 17.8 Å². The van der Waals surface area contributed by atoms with E-state index < -0.39 is 29.7 Å². The molecule has 3 aliphatic heterocycles. The summed E-state index contributed by atoms with van der Waals surface area (Å²) >= 11 is 0. The van der Waals surface area contributed by atoms with Gasteiger partial charge in [0, 0.05) is 20.1 Å². The second-order valence-corrected chi connectivity index (χ2v) is 9.09. The third-order valence-corrected chi connectivity index (χ3v) is 6.97. The molecule has 1 saturated heterocycles. The summed E-state index contributed by atoms with van der Waals surface area (Å²) in [6.45, 7) is 1.53. The van der Waals surface area contributed by atoms with Crippen LogP contribution in [0.15, 0.2) is 35.5 Å². The number of likely N-dealkylation sites (N-methyl/N-ethyl adjacent to an activating group) is 2. The molecule has 1 aromatic rings. The third-order valence-electron chi connectivity index (χ3n) is 6.97. The highest BCUT2D eigenvalue weighted by atomic mass is 19.4. The lowest BCUT2D eigenvalue weighted by atomic mass is 9.92. The van der Waals surface area contributed by atoms with E-state index >= 15 is 0 Å². The lowest BCUT2D eigenvalue weighted by Crippen LogP contribution is -2.48. The summed E-state index contributed by atoms with van der Waals surface area (Å²) in [6, 6.07) is 3.10. The molecule has 3 heterocycles. The molecule has 0 bridgehead atoms. The van der Waals surface area contributed by atoms with Crippen LogP contribution in [0.5, 0.6) is 0 Å². The molecule has 3 aliphatic rings. The van der Waals surface area contributed by atoms with Crippen molar-refractivity contribution in [3.05, 3.63) is 46.7 Å². The number of alkyl halides is 3. The normalized spacial score (nSPS) is 22.2. The van der Waals surface area contributed by atoms with Gasteiger partial charge < -0.3 is 20.0 Å². The number of likely N-dealkylation sites (tertiary alicyclic amines) is 1. The van der Waals surface area contributed by atoms with E-state index in [4.69, 9.17) is 0 Å². The molecule has 1 unspecified atom stereocenters. The van der Waals surface area contributed by atoms with Gasteiger partial charge >= 0.3 is 12.2 Å². The molecule has 0 aliphatic carbocycles. The minimum absolute atomic E-state index is 0.0181. The maximum absolute atomic E-state index is 13.7. The van der Waals surface area contributed by atoms with Gasteiger partial charge in [0.05, 0.1) is 29.4 Å². The molecule has 1 fully saturated rings. The number of carbonyl (C=O) groups excluding carboxylic acids is 3. The summed E-state index contributed by atoms with van der Waals surface area (Å²) < 4.78 is 41.0. The Morgan fingerprint density at radius 2 is 1.79 bits per heavy atom. The molecule has 184 valence electrons. The topological polar surface area (TPSA) is 76.2 Å². The van der Waals surface area contributed by atoms with Gasteiger partial charge in [-0.2, -0.15) is 13.2 Å². The zero-order valence-corrected chi connectivity index (χ0v) is 19.4. The summed E-state index contributed by atoms with van der Waals surface area (Å²) in [6.07, 6.45) is -2.99. The Labute approximate surface area is 195 Å². The minimum Gasteiger partial charge on any atom is -0.341 e. The molecule has 1 N–H and O–H groups in total. The quantitative estimate of drug-likeness (QED) is 0.718. The number of rotatable bonds is 4. The lowest BCUT2D eigenvalue weighted by Gasteiger charge is -2.35. The average Bonchev–Trinajstić information content (AvgIpc) is 3.12. The van der Waals surface area contributed by atoms with Crippen LogP contribution in [0.3, 0.4) is 0 Å². The number of benzene rings is 1. The average molecular weight is 480 g/mol. The van der Waals surface area contributed by atoms with Gasteiger partial charge in [-0.3, -0.25) is 14.5 Å². The summed E-state index contributed by atoms with van der Waals surface area (Å²) in [5.74, 6) is -0.786. The van der Waals surface area contributed by atoms with Gasteiger partial charge in [0.15, 0.2) is 0 Å². The van der Waals surface area contributed by atoms with E-state index in [1.165, 1.54) is 35.0 Å². The first-order chi connectivity index (χ1) is 16.0. The van der Waals surface area contributed by atoms with E-state index in [-0.39, 0.29) is 36.2 Å². The van der Waals surface area contributed by atoms with Crippen molar-refractivity contribution in [2.24, 2.45) is 0 Å². The van der Waals surface area contributed by atoms with Crippen LogP contribution < -0.4 is 5.32 Å². The largest absolute Gasteiger partial charge is 0.416 e. The summed E-state index contributed by atoms with van der Waals surface area (Å²) in [7, 11) is 5.20. The van der Waals surface area contributed by atoms with Crippen LogP contribution in [0, 0.1) is 0 Å². The van der Waals surface area contributed by atoms with Crippen LogP contribution in [0.1, 0.15) is 30.0 Å². The zero-order valence-electron chi connectivity index (χ0n) is 19.4. The molecule has 0 aromatic heterocycles. The first-order valence-corrected chi connectivity index (χ1v) is 11.2. The number of piperidine rings is 1. The Morgan fingerprint density at radius 3 is 2.44 bits per heavy atom. The van der Waals surface area contributed by atoms with Crippen LogP contribution in [0.2, 0.25) is 0 Å². The predicted octanol–water partition coefficient (Wildman–Crippen LogP) is 2.05. The van der Waals surface area contributed by atoms with Gasteiger partial charge in [-0.15, -0.1) is 0 Å². The number of hydrogen-bond acceptors (Lipinski definition) is 4. The highest BCUT2D eigenvalue weighted by Crippen LogP contribution is 2.41.